The molecule has 1 aliphatic rings. The molecule has 0 N–H and O–H groups in total. The molecule has 7 nitrogen and oxygen atoms in total. The van der Waals surface area contributed by atoms with E-state index in [1.54, 1.807) is 14.0 Å². The maximum Gasteiger partial charge on any atom is 0.306 e. The van der Waals surface area contributed by atoms with Crippen molar-refractivity contribution in [2.24, 2.45) is 0 Å². The number of hydrogen-bond acceptors (Lipinski definition) is 6. The van der Waals surface area contributed by atoms with Gasteiger partial charge in [0.1, 0.15) is 5.75 Å². The monoisotopic (exact) mass is 383 g/mol. The van der Waals surface area contributed by atoms with Crippen LogP contribution in [0.3, 0.4) is 0 Å². The quantitative estimate of drug-likeness (QED) is 0.627. The summed E-state index contributed by atoms with van der Waals surface area (Å²) in [6.45, 7) is 1.80. The van der Waals surface area contributed by atoms with E-state index in [9.17, 15) is 18.0 Å². The number of rotatable bonds is 8. The Morgan fingerprint density at radius 1 is 1.27 bits per heavy atom. The first-order valence-corrected chi connectivity index (χ1v) is 10.5. The topological polar surface area (TPSA) is 90.0 Å². The molecule has 1 aromatic carbocycles. The first-order chi connectivity index (χ1) is 12.4. The number of sulfone groups is 1. The molecule has 0 radical (unpaired) electrons. The predicted molar refractivity (Wildman–Crippen MR) is 96.7 cm³/mol. The second-order valence-corrected chi connectivity index (χ2v) is 8.44. The highest BCUT2D eigenvalue weighted by molar-refractivity contribution is 7.91. The molecule has 1 aliphatic heterocycles. The number of aryl methyl sites for hydroxylation is 1. The summed E-state index contributed by atoms with van der Waals surface area (Å²) in [7, 11) is -1.51. The van der Waals surface area contributed by atoms with Crippen molar-refractivity contribution in [3.8, 4) is 5.75 Å². The molecule has 1 aromatic rings. The summed E-state index contributed by atoms with van der Waals surface area (Å²) < 4.78 is 33.5. The van der Waals surface area contributed by atoms with Crippen molar-refractivity contribution >= 4 is 21.7 Å². The summed E-state index contributed by atoms with van der Waals surface area (Å²) in [5, 5.41) is 0. The minimum atomic E-state index is -3.07. The summed E-state index contributed by atoms with van der Waals surface area (Å²) in [4.78, 5) is 25.7. The van der Waals surface area contributed by atoms with Gasteiger partial charge in [-0.05, 0) is 31.4 Å². The number of carbonyl (C=O) groups excluding carboxylic acids is 2. The van der Waals surface area contributed by atoms with Gasteiger partial charge in [0.25, 0.3) is 5.91 Å². The molecule has 0 aromatic heterocycles. The normalized spacial score (nSPS) is 18.3. The molecule has 8 heteroatoms. The van der Waals surface area contributed by atoms with Gasteiger partial charge in [-0.1, -0.05) is 18.2 Å². The molecular weight excluding hydrogens is 358 g/mol. The Kier molecular flexibility index (Phi) is 7.02. The molecular formula is C18H25NO6S. The Labute approximate surface area is 154 Å². The highest BCUT2D eigenvalue weighted by atomic mass is 32.2. The van der Waals surface area contributed by atoms with Crippen LogP contribution in [-0.4, -0.2) is 63.0 Å². The van der Waals surface area contributed by atoms with Crippen LogP contribution in [0, 0.1) is 0 Å². The predicted octanol–water partition coefficient (Wildman–Crippen LogP) is 1.21. The van der Waals surface area contributed by atoms with Crippen LogP contribution >= 0.6 is 0 Å². The first-order valence-electron chi connectivity index (χ1n) is 8.63. The lowest BCUT2D eigenvalue weighted by atomic mass is 10.1. The van der Waals surface area contributed by atoms with Crippen molar-refractivity contribution < 1.29 is 27.5 Å². The Bertz CT molecular complexity index is 746. The molecule has 1 heterocycles. The third-order valence-electron chi connectivity index (χ3n) is 4.46. The van der Waals surface area contributed by atoms with Gasteiger partial charge in [0.15, 0.2) is 16.4 Å². The standard InChI is InChI=1S/C18H25NO6S/c1-3-19(15-10-11-26(22,23)13-15)17(20)12-25-18(21)9-8-14-6-4-5-7-16(14)24-2/h4-7,15H,3,8-13H2,1-2H3. The average Bonchev–Trinajstić information content (AvgIpc) is 2.98. The van der Waals surface area contributed by atoms with Crippen molar-refractivity contribution in [1.82, 2.24) is 4.90 Å². The van der Waals surface area contributed by atoms with Gasteiger partial charge >= 0.3 is 5.97 Å². The molecule has 1 unspecified atom stereocenters. The summed E-state index contributed by atoms with van der Waals surface area (Å²) in [6.07, 6.45) is 1.02. The number of carbonyl (C=O) groups is 2. The molecule has 144 valence electrons. The van der Waals surface area contributed by atoms with E-state index in [2.05, 4.69) is 0 Å². The van der Waals surface area contributed by atoms with Gasteiger partial charge in [-0.3, -0.25) is 9.59 Å². The van der Waals surface area contributed by atoms with Crippen LogP contribution in [0.5, 0.6) is 5.75 Å². The average molecular weight is 383 g/mol. The molecule has 26 heavy (non-hydrogen) atoms. The summed E-state index contributed by atoms with van der Waals surface area (Å²) in [5.74, 6) is -0.0513. The highest BCUT2D eigenvalue weighted by Gasteiger charge is 2.34. The number of hydrogen-bond donors (Lipinski definition) is 0. The Balaban J connectivity index is 1.81. The molecule has 2 rings (SSSR count). The lowest BCUT2D eigenvalue weighted by Crippen LogP contribution is -2.43. The number of benzene rings is 1. The first kappa shape index (κ1) is 20.2. The second-order valence-electron chi connectivity index (χ2n) is 6.21. The second kappa shape index (κ2) is 9.02. The number of nitrogens with zero attached hydrogens (tertiary/aromatic N) is 1. The van der Waals surface area contributed by atoms with Gasteiger partial charge in [0, 0.05) is 19.0 Å². The van der Waals surface area contributed by atoms with E-state index in [1.807, 2.05) is 24.3 Å². The zero-order valence-corrected chi connectivity index (χ0v) is 16.0. The zero-order valence-electron chi connectivity index (χ0n) is 15.1. The number of likely N-dealkylation sites (N-methyl/N-ethyl adjacent to an activating group) is 1. The van der Waals surface area contributed by atoms with E-state index in [0.717, 1.165) is 5.56 Å². The Morgan fingerprint density at radius 3 is 2.62 bits per heavy atom. The van der Waals surface area contributed by atoms with Crippen LogP contribution in [0.25, 0.3) is 0 Å². The van der Waals surface area contributed by atoms with Crippen LogP contribution in [0.1, 0.15) is 25.3 Å². The van der Waals surface area contributed by atoms with E-state index in [-0.39, 0.29) is 36.5 Å². The fraction of sp³-hybridized carbons (Fsp3) is 0.556. The lowest BCUT2D eigenvalue weighted by Gasteiger charge is -2.26. The number of para-hydroxylation sites is 1. The van der Waals surface area contributed by atoms with Gasteiger partial charge in [0.2, 0.25) is 0 Å². The van der Waals surface area contributed by atoms with Gasteiger partial charge in [-0.25, -0.2) is 8.42 Å². The maximum absolute atomic E-state index is 12.3. The molecule has 1 amide bonds. The lowest BCUT2D eigenvalue weighted by molar-refractivity contribution is -0.152. The smallest absolute Gasteiger partial charge is 0.306 e. The van der Waals surface area contributed by atoms with Crippen molar-refractivity contribution in [1.29, 1.82) is 0 Å². The largest absolute Gasteiger partial charge is 0.496 e. The van der Waals surface area contributed by atoms with E-state index in [1.165, 1.54) is 4.90 Å². The summed E-state index contributed by atoms with van der Waals surface area (Å²) in [6, 6.07) is 7.07. The molecule has 0 bridgehead atoms. The maximum atomic E-state index is 12.3. The SMILES string of the molecule is CCN(C(=O)COC(=O)CCc1ccccc1OC)C1CCS(=O)(=O)C1. The third-order valence-corrected chi connectivity index (χ3v) is 6.21. The van der Waals surface area contributed by atoms with E-state index in [0.29, 0.717) is 25.1 Å². The van der Waals surface area contributed by atoms with Crippen LogP contribution in [0.2, 0.25) is 0 Å². The van der Waals surface area contributed by atoms with Crippen LogP contribution < -0.4 is 4.74 Å². The van der Waals surface area contributed by atoms with Gasteiger partial charge < -0.3 is 14.4 Å². The Hall–Kier alpha value is -2.09. The van der Waals surface area contributed by atoms with Crippen molar-refractivity contribution in [3.05, 3.63) is 29.8 Å². The highest BCUT2D eigenvalue weighted by Crippen LogP contribution is 2.19. The fourth-order valence-corrected chi connectivity index (χ4v) is 4.83. The Morgan fingerprint density at radius 2 is 2.00 bits per heavy atom. The minimum absolute atomic E-state index is 0.0195. The third kappa shape index (κ3) is 5.45. The minimum Gasteiger partial charge on any atom is -0.496 e. The molecule has 0 spiro atoms. The fourth-order valence-electron chi connectivity index (χ4n) is 3.10. The van der Waals surface area contributed by atoms with Crippen molar-refractivity contribution in [2.45, 2.75) is 32.2 Å². The van der Waals surface area contributed by atoms with Gasteiger partial charge in [-0.15, -0.1) is 0 Å². The van der Waals surface area contributed by atoms with Crippen molar-refractivity contribution in [2.75, 3.05) is 31.8 Å². The van der Waals surface area contributed by atoms with Crippen LogP contribution in [-0.2, 0) is 30.6 Å². The van der Waals surface area contributed by atoms with E-state index < -0.39 is 15.8 Å². The summed E-state index contributed by atoms with van der Waals surface area (Å²) >= 11 is 0. The molecule has 0 aliphatic carbocycles. The van der Waals surface area contributed by atoms with Crippen LogP contribution in [0.4, 0.5) is 0 Å². The number of amides is 1. The van der Waals surface area contributed by atoms with Crippen molar-refractivity contribution in [3.63, 3.8) is 0 Å². The molecule has 1 saturated heterocycles. The van der Waals surface area contributed by atoms with Crippen LogP contribution in [0.15, 0.2) is 24.3 Å². The number of ether oxygens (including phenoxy) is 2. The number of methoxy groups -OCH3 is 1. The number of esters is 1. The molecule has 1 fully saturated rings. The van der Waals surface area contributed by atoms with Gasteiger partial charge in [-0.2, -0.15) is 0 Å². The molecule has 0 saturated carbocycles. The molecule has 1 atom stereocenters. The van der Waals surface area contributed by atoms with E-state index in [4.69, 9.17) is 9.47 Å². The van der Waals surface area contributed by atoms with E-state index >= 15 is 0 Å². The van der Waals surface area contributed by atoms with Gasteiger partial charge in [0.05, 0.1) is 18.6 Å². The zero-order chi connectivity index (χ0) is 19.2. The summed E-state index contributed by atoms with van der Waals surface area (Å²) in [5.41, 5.74) is 0.893.